The van der Waals surface area contributed by atoms with E-state index in [1.165, 1.54) is 6.20 Å². The van der Waals surface area contributed by atoms with E-state index in [0.717, 1.165) is 25.3 Å². The molecule has 3 heterocycles. The van der Waals surface area contributed by atoms with Gasteiger partial charge in [0.2, 0.25) is 0 Å². The van der Waals surface area contributed by atoms with Gasteiger partial charge in [0, 0.05) is 27.3 Å². The summed E-state index contributed by atoms with van der Waals surface area (Å²) in [5.74, 6) is -0.566. The Bertz CT molecular complexity index is 968. The number of pyridine rings is 1. The summed E-state index contributed by atoms with van der Waals surface area (Å²) >= 11 is 0. The molecule has 1 atom stereocenters. The average molecular weight is 461 g/mol. The van der Waals surface area contributed by atoms with E-state index in [9.17, 15) is 9.59 Å². The molecule has 2 amide bonds. The van der Waals surface area contributed by atoms with Crippen molar-refractivity contribution in [3.63, 3.8) is 0 Å². The Kier molecular flexibility index (Phi) is 7.55. The van der Waals surface area contributed by atoms with Crippen LogP contribution in [0.2, 0.25) is 25.7 Å². The molecule has 0 spiro atoms. The Morgan fingerprint density at radius 2 is 2.03 bits per heavy atom. The van der Waals surface area contributed by atoms with E-state index in [-0.39, 0.29) is 12.8 Å². The summed E-state index contributed by atoms with van der Waals surface area (Å²) in [6.45, 7) is 12.5. The van der Waals surface area contributed by atoms with E-state index < -0.39 is 19.9 Å². The fourth-order valence-corrected chi connectivity index (χ4v) is 4.81. The first-order chi connectivity index (χ1) is 15.1. The summed E-state index contributed by atoms with van der Waals surface area (Å²) in [4.78, 5) is 31.7. The number of nitrogens with zero attached hydrogens (tertiary/aromatic N) is 4. The summed E-state index contributed by atoms with van der Waals surface area (Å²) in [6.07, 6.45) is 5.99. The Morgan fingerprint density at radius 3 is 2.72 bits per heavy atom. The molecule has 0 aromatic carbocycles. The third-order valence-corrected chi connectivity index (χ3v) is 7.64. The number of anilines is 2. The maximum absolute atomic E-state index is 13.0. The number of likely N-dealkylation sites (tertiary alicyclic amines) is 1. The quantitative estimate of drug-likeness (QED) is 0.372. The molecule has 10 heteroatoms. The van der Waals surface area contributed by atoms with Crippen LogP contribution in [0.5, 0.6) is 0 Å². The summed E-state index contributed by atoms with van der Waals surface area (Å²) in [7, 11) is -1.20. The van der Waals surface area contributed by atoms with E-state index in [0.29, 0.717) is 41.5 Å². The molecule has 0 aliphatic carbocycles. The lowest BCUT2D eigenvalue weighted by Crippen LogP contribution is -2.50. The lowest BCUT2D eigenvalue weighted by molar-refractivity contribution is -0.146. The summed E-state index contributed by atoms with van der Waals surface area (Å²) in [5.41, 5.74) is 7.02. The average Bonchev–Trinajstić information content (AvgIpc) is 3.17. The number of rotatable bonds is 7. The van der Waals surface area contributed by atoms with Crippen LogP contribution in [0, 0.1) is 5.92 Å². The molecule has 9 nitrogen and oxygen atoms in total. The van der Waals surface area contributed by atoms with E-state index in [1.54, 1.807) is 15.8 Å². The van der Waals surface area contributed by atoms with Gasteiger partial charge in [0.05, 0.1) is 29.0 Å². The lowest BCUT2D eigenvalue weighted by Gasteiger charge is -2.37. The molecule has 2 aromatic heterocycles. The molecule has 0 radical (unpaired) electrons. The molecular weight excluding hydrogens is 424 g/mol. The van der Waals surface area contributed by atoms with Crippen molar-refractivity contribution >= 4 is 42.3 Å². The molecule has 0 saturated carbocycles. The van der Waals surface area contributed by atoms with Crippen molar-refractivity contribution < 1.29 is 14.3 Å². The molecule has 0 bridgehead atoms. The third kappa shape index (κ3) is 5.66. The predicted octanol–water partition coefficient (Wildman–Crippen LogP) is 3.30. The van der Waals surface area contributed by atoms with Crippen LogP contribution in [-0.2, 0) is 21.1 Å². The van der Waals surface area contributed by atoms with Crippen LogP contribution in [0.4, 0.5) is 11.5 Å². The molecule has 0 unspecified atom stereocenters. The van der Waals surface area contributed by atoms with Crippen molar-refractivity contribution in [1.29, 1.82) is 0 Å². The fraction of sp³-hybridized carbons (Fsp3) is 0.636. The van der Waals surface area contributed by atoms with Gasteiger partial charge in [-0.15, -0.1) is 0 Å². The van der Waals surface area contributed by atoms with E-state index in [1.807, 2.05) is 0 Å². The van der Waals surface area contributed by atoms with Crippen LogP contribution in [0.3, 0.4) is 0 Å². The second-order valence-corrected chi connectivity index (χ2v) is 15.7. The van der Waals surface area contributed by atoms with E-state index in [4.69, 9.17) is 10.5 Å². The van der Waals surface area contributed by atoms with Crippen molar-refractivity contribution in [2.45, 2.75) is 71.6 Å². The first-order valence-corrected chi connectivity index (χ1v) is 15.1. The maximum atomic E-state index is 13.0. The number of hydrogen-bond acceptors (Lipinski definition) is 6. The number of carbonyl (C=O) groups is 2. The molecule has 1 aliphatic heterocycles. The smallest absolute Gasteiger partial charge is 0.314 e. The van der Waals surface area contributed by atoms with Gasteiger partial charge in [0.1, 0.15) is 12.5 Å². The second-order valence-electron chi connectivity index (χ2n) is 10.1. The van der Waals surface area contributed by atoms with Gasteiger partial charge in [-0.25, -0.2) is 9.67 Å². The van der Waals surface area contributed by atoms with Crippen LogP contribution in [0.15, 0.2) is 12.4 Å². The minimum Gasteiger partial charge on any atom is -0.383 e. The number of aromatic nitrogens is 3. The molecule has 3 N–H and O–H groups in total. The number of nitrogens with one attached hydrogen (secondary N) is 1. The van der Waals surface area contributed by atoms with Crippen LogP contribution in [-0.4, -0.2) is 58.7 Å². The zero-order valence-electron chi connectivity index (χ0n) is 19.9. The highest BCUT2D eigenvalue weighted by atomic mass is 28.3. The van der Waals surface area contributed by atoms with Gasteiger partial charge in [-0.2, -0.15) is 5.10 Å². The Balaban J connectivity index is 1.77. The Labute approximate surface area is 190 Å². The van der Waals surface area contributed by atoms with Crippen molar-refractivity contribution in [2.75, 3.05) is 24.2 Å². The molecular formula is C22H36N6O3Si. The number of nitrogen functional groups attached to an aromatic ring is 1. The van der Waals surface area contributed by atoms with Crippen LogP contribution in [0.25, 0.3) is 10.9 Å². The maximum Gasteiger partial charge on any atom is 0.314 e. The van der Waals surface area contributed by atoms with Crippen molar-refractivity contribution in [3.8, 4) is 0 Å². The van der Waals surface area contributed by atoms with Gasteiger partial charge in [-0.3, -0.25) is 9.59 Å². The molecule has 32 heavy (non-hydrogen) atoms. The topological polar surface area (TPSA) is 115 Å². The van der Waals surface area contributed by atoms with Gasteiger partial charge in [-0.05, 0) is 31.2 Å². The van der Waals surface area contributed by atoms with Gasteiger partial charge in [0.15, 0.2) is 0 Å². The molecule has 1 aliphatic rings. The summed E-state index contributed by atoms with van der Waals surface area (Å²) in [5, 5.41) is 7.73. The van der Waals surface area contributed by atoms with Crippen LogP contribution in [0.1, 0.15) is 33.1 Å². The number of amides is 2. The number of hydrogen-bond donors (Lipinski definition) is 2. The fourth-order valence-electron chi connectivity index (χ4n) is 4.05. The Hall–Kier alpha value is -2.46. The largest absolute Gasteiger partial charge is 0.383 e. The number of ether oxygens (including phenoxy) is 1. The number of piperidine rings is 1. The predicted molar refractivity (Wildman–Crippen MR) is 129 cm³/mol. The summed E-state index contributed by atoms with van der Waals surface area (Å²) in [6, 6.07) is 1.12. The number of fused-ring (bicyclic) bond motifs is 1. The van der Waals surface area contributed by atoms with E-state index in [2.05, 4.69) is 48.9 Å². The van der Waals surface area contributed by atoms with Crippen molar-refractivity contribution in [2.24, 2.45) is 5.92 Å². The molecule has 176 valence electrons. The number of nitrogens with two attached hydrogens (primary N) is 1. The minimum absolute atomic E-state index is 0.0804. The van der Waals surface area contributed by atoms with Crippen molar-refractivity contribution in [3.05, 3.63) is 12.4 Å². The monoisotopic (exact) mass is 460 g/mol. The van der Waals surface area contributed by atoms with Crippen molar-refractivity contribution in [1.82, 2.24) is 19.7 Å². The third-order valence-electron chi connectivity index (χ3n) is 5.94. The first kappa shape index (κ1) is 24.2. The zero-order chi connectivity index (χ0) is 23.5. The highest BCUT2D eigenvalue weighted by Gasteiger charge is 2.32. The normalized spacial score (nSPS) is 17.2. The lowest BCUT2D eigenvalue weighted by atomic mass is 9.92. The highest BCUT2D eigenvalue weighted by molar-refractivity contribution is 6.76. The molecule has 1 fully saturated rings. The number of carbonyl (C=O) groups excluding carboxylic acids is 2. The van der Waals surface area contributed by atoms with Crippen LogP contribution >= 0.6 is 0 Å². The standard InChI is InChI=1S/C22H36N6O3Si/c1-15(2)18-8-6-7-9-27(18)22(30)21(29)26-17-13-24-20(23)16-12-25-28(19(16)17)14-31-10-11-32(3,4)5/h12-13,15,18H,6-11,14H2,1-5H3,(H2,23,24)(H,26,29)/t18-/m0/s1. The zero-order valence-corrected chi connectivity index (χ0v) is 20.9. The van der Waals surface area contributed by atoms with Gasteiger partial charge < -0.3 is 20.7 Å². The van der Waals surface area contributed by atoms with Gasteiger partial charge >= 0.3 is 11.8 Å². The second kappa shape index (κ2) is 9.99. The molecule has 1 saturated heterocycles. The molecule has 3 rings (SSSR count). The first-order valence-electron chi connectivity index (χ1n) is 11.4. The minimum atomic E-state index is -1.20. The SMILES string of the molecule is CC(C)[C@@H]1CCCCN1C(=O)C(=O)Nc1cnc(N)c2cnn(COCC[Si](C)(C)C)c12. The van der Waals surface area contributed by atoms with Crippen LogP contribution < -0.4 is 11.1 Å². The Morgan fingerprint density at radius 1 is 1.28 bits per heavy atom. The van der Waals surface area contributed by atoms with E-state index >= 15 is 0 Å². The van der Waals surface area contributed by atoms with Gasteiger partial charge in [-0.1, -0.05) is 33.5 Å². The highest BCUT2D eigenvalue weighted by Crippen LogP contribution is 2.27. The van der Waals surface area contributed by atoms with Gasteiger partial charge in [0.25, 0.3) is 0 Å². The molecule has 2 aromatic rings. The summed E-state index contributed by atoms with van der Waals surface area (Å²) < 4.78 is 7.48.